The number of hydrogen-bond acceptors (Lipinski definition) is 3. The van der Waals surface area contributed by atoms with E-state index in [-0.39, 0.29) is 17.5 Å². The first-order valence-corrected chi connectivity index (χ1v) is 8.88. The van der Waals surface area contributed by atoms with Crippen molar-refractivity contribution in [1.29, 1.82) is 0 Å². The van der Waals surface area contributed by atoms with Crippen molar-refractivity contribution < 1.29 is 4.79 Å². The van der Waals surface area contributed by atoms with Crippen LogP contribution in [0.3, 0.4) is 0 Å². The van der Waals surface area contributed by atoms with Crippen LogP contribution in [-0.2, 0) is 7.05 Å². The number of hydrogen-bond donors (Lipinski definition) is 1. The van der Waals surface area contributed by atoms with E-state index in [4.69, 9.17) is 0 Å². The summed E-state index contributed by atoms with van der Waals surface area (Å²) in [5, 5.41) is 3.33. The number of carbonyl (C=O) groups excluding carboxylic acids is 1. The smallest absolute Gasteiger partial charge is 0.258 e. The molecule has 0 bridgehead atoms. The summed E-state index contributed by atoms with van der Waals surface area (Å²) in [6.07, 6.45) is 1.61. The van der Waals surface area contributed by atoms with Crippen LogP contribution >= 0.6 is 0 Å². The monoisotopic (exact) mass is 361 g/mol. The van der Waals surface area contributed by atoms with E-state index < -0.39 is 0 Å². The Balaban J connectivity index is 1.85. The number of aryl methyl sites for hydroxylation is 1. The Labute approximate surface area is 158 Å². The van der Waals surface area contributed by atoms with Crippen molar-refractivity contribution in [3.05, 3.63) is 88.8 Å². The minimum absolute atomic E-state index is 0.0468. The van der Waals surface area contributed by atoms with Crippen molar-refractivity contribution in [2.45, 2.75) is 19.9 Å². The summed E-state index contributed by atoms with van der Waals surface area (Å²) in [6.45, 7) is 3.91. The maximum atomic E-state index is 13.0. The van der Waals surface area contributed by atoms with Gasteiger partial charge in [-0.25, -0.2) is 0 Å². The second-order valence-electron chi connectivity index (χ2n) is 6.67. The van der Waals surface area contributed by atoms with Crippen LogP contribution in [0, 0.1) is 0 Å². The molecule has 0 unspecified atom stereocenters. The van der Waals surface area contributed by atoms with Crippen molar-refractivity contribution in [1.82, 2.24) is 4.57 Å². The summed E-state index contributed by atoms with van der Waals surface area (Å²) < 4.78 is 1.44. The Hall–Kier alpha value is -3.34. The van der Waals surface area contributed by atoms with E-state index >= 15 is 0 Å². The summed E-state index contributed by atoms with van der Waals surface area (Å²) in [5.74, 6) is -0.188. The zero-order chi connectivity index (χ0) is 19.4. The molecule has 1 N–H and O–H groups in total. The molecule has 0 saturated carbocycles. The van der Waals surface area contributed by atoms with Gasteiger partial charge >= 0.3 is 0 Å². The van der Waals surface area contributed by atoms with E-state index in [0.29, 0.717) is 5.56 Å². The Morgan fingerprint density at radius 1 is 0.963 bits per heavy atom. The second-order valence-corrected chi connectivity index (χ2v) is 6.67. The average Bonchev–Trinajstić information content (AvgIpc) is 2.66. The third-order valence-corrected chi connectivity index (χ3v) is 4.29. The van der Waals surface area contributed by atoms with Gasteiger partial charge in [0.2, 0.25) is 0 Å². The fourth-order valence-corrected chi connectivity index (χ4v) is 2.86. The Morgan fingerprint density at radius 3 is 2.19 bits per heavy atom. The van der Waals surface area contributed by atoms with E-state index in [0.717, 1.165) is 17.1 Å². The SMILES string of the molecule is CC(C)N(C(=O)c1ccn(C)c(=O)c1)c1ccc(Nc2ccccc2)cc1. The minimum atomic E-state index is -0.202. The molecule has 0 aliphatic heterocycles. The van der Waals surface area contributed by atoms with Gasteiger partial charge in [-0.3, -0.25) is 9.59 Å². The van der Waals surface area contributed by atoms with Gasteiger partial charge in [-0.15, -0.1) is 0 Å². The van der Waals surface area contributed by atoms with Gasteiger partial charge in [-0.2, -0.15) is 0 Å². The summed E-state index contributed by atoms with van der Waals surface area (Å²) in [5.41, 5.74) is 2.91. The highest BCUT2D eigenvalue weighted by Gasteiger charge is 2.21. The first kappa shape index (κ1) is 18.5. The molecule has 1 aromatic heterocycles. The summed E-state index contributed by atoms with van der Waals surface area (Å²) in [4.78, 5) is 26.6. The van der Waals surface area contributed by atoms with Gasteiger partial charge in [0, 0.05) is 48.0 Å². The van der Waals surface area contributed by atoms with E-state index in [1.807, 2.05) is 68.4 Å². The molecule has 3 rings (SSSR count). The highest BCUT2D eigenvalue weighted by atomic mass is 16.2. The number of aromatic nitrogens is 1. The molecule has 5 heteroatoms. The van der Waals surface area contributed by atoms with Crippen LogP contribution < -0.4 is 15.8 Å². The lowest BCUT2D eigenvalue weighted by molar-refractivity contribution is 0.0980. The number of carbonyl (C=O) groups is 1. The second kappa shape index (κ2) is 7.91. The molecule has 138 valence electrons. The summed E-state index contributed by atoms with van der Waals surface area (Å²) in [6, 6.07) is 20.6. The first-order chi connectivity index (χ1) is 13.0. The quantitative estimate of drug-likeness (QED) is 0.741. The van der Waals surface area contributed by atoms with Crippen LogP contribution in [0.4, 0.5) is 17.1 Å². The lowest BCUT2D eigenvalue weighted by atomic mass is 10.1. The van der Waals surface area contributed by atoms with Crippen molar-refractivity contribution >= 4 is 23.0 Å². The standard InChI is InChI=1S/C22H23N3O2/c1-16(2)25(22(27)17-13-14-24(3)21(26)15-17)20-11-9-19(10-12-20)23-18-7-5-4-6-8-18/h4-16,23H,1-3H3. The average molecular weight is 361 g/mol. The number of para-hydroxylation sites is 1. The van der Waals surface area contributed by atoms with Crippen LogP contribution in [0.5, 0.6) is 0 Å². The molecule has 0 fully saturated rings. The highest BCUT2D eigenvalue weighted by molar-refractivity contribution is 6.06. The predicted octanol–water partition coefficient (Wildman–Crippen LogP) is 4.18. The molecule has 0 aliphatic rings. The minimum Gasteiger partial charge on any atom is -0.356 e. The molecule has 3 aromatic rings. The zero-order valence-corrected chi connectivity index (χ0v) is 15.7. The van der Waals surface area contributed by atoms with Gasteiger partial charge in [0.15, 0.2) is 0 Å². The lowest BCUT2D eigenvalue weighted by Crippen LogP contribution is -2.37. The van der Waals surface area contributed by atoms with Crippen LogP contribution in [-0.4, -0.2) is 16.5 Å². The number of nitrogens with one attached hydrogen (secondary N) is 1. The Morgan fingerprint density at radius 2 is 1.59 bits per heavy atom. The third kappa shape index (κ3) is 4.26. The molecule has 5 nitrogen and oxygen atoms in total. The van der Waals surface area contributed by atoms with E-state index in [1.54, 1.807) is 24.2 Å². The zero-order valence-electron chi connectivity index (χ0n) is 15.7. The normalized spacial score (nSPS) is 10.7. The summed E-state index contributed by atoms with van der Waals surface area (Å²) in [7, 11) is 1.66. The van der Waals surface area contributed by atoms with Gasteiger partial charge in [0.25, 0.3) is 11.5 Å². The largest absolute Gasteiger partial charge is 0.356 e. The molecular weight excluding hydrogens is 338 g/mol. The topological polar surface area (TPSA) is 54.3 Å². The van der Waals surface area contributed by atoms with Gasteiger partial charge in [0.1, 0.15) is 0 Å². The number of benzene rings is 2. The number of amides is 1. The van der Waals surface area contributed by atoms with Gasteiger partial charge < -0.3 is 14.8 Å². The Bertz CT molecular complexity index is 976. The molecule has 27 heavy (non-hydrogen) atoms. The maximum Gasteiger partial charge on any atom is 0.258 e. The van der Waals surface area contributed by atoms with Crippen LogP contribution in [0.15, 0.2) is 77.7 Å². The lowest BCUT2D eigenvalue weighted by Gasteiger charge is -2.27. The fraction of sp³-hybridized carbons (Fsp3) is 0.182. The highest BCUT2D eigenvalue weighted by Crippen LogP contribution is 2.24. The maximum absolute atomic E-state index is 13.0. The molecule has 2 aromatic carbocycles. The first-order valence-electron chi connectivity index (χ1n) is 8.88. The molecule has 0 atom stereocenters. The Kier molecular flexibility index (Phi) is 5.41. The van der Waals surface area contributed by atoms with Crippen molar-refractivity contribution in [3.8, 4) is 0 Å². The van der Waals surface area contributed by atoms with Crippen molar-refractivity contribution in [2.24, 2.45) is 7.05 Å². The molecule has 1 amide bonds. The van der Waals surface area contributed by atoms with Gasteiger partial charge in [-0.1, -0.05) is 18.2 Å². The predicted molar refractivity (Wildman–Crippen MR) is 110 cm³/mol. The van der Waals surface area contributed by atoms with Crippen molar-refractivity contribution in [2.75, 3.05) is 10.2 Å². The van der Waals surface area contributed by atoms with Gasteiger partial charge in [-0.05, 0) is 56.3 Å². The third-order valence-electron chi connectivity index (χ3n) is 4.29. The molecule has 0 aliphatic carbocycles. The number of rotatable bonds is 5. The fourth-order valence-electron chi connectivity index (χ4n) is 2.86. The molecule has 1 heterocycles. The molecule has 0 spiro atoms. The van der Waals surface area contributed by atoms with Crippen LogP contribution in [0.25, 0.3) is 0 Å². The van der Waals surface area contributed by atoms with Crippen LogP contribution in [0.1, 0.15) is 24.2 Å². The molecular formula is C22H23N3O2. The summed E-state index contributed by atoms with van der Waals surface area (Å²) >= 11 is 0. The van der Waals surface area contributed by atoms with E-state index in [2.05, 4.69) is 5.32 Å². The van der Waals surface area contributed by atoms with Crippen LogP contribution in [0.2, 0.25) is 0 Å². The van der Waals surface area contributed by atoms with E-state index in [1.165, 1.54) is 10.6 Å². The van der Waals surface area contributed by atoms with Crippen molar-refractivity contribution in [3.63, 3.8) is 0 Å². The number of anilines is 3. The molecule has 0 radical (unpaired) electrons. The van der Waals surface area contributed by atoms with E-state index in [9.17, 15) is 9.59 Å². The molecule has 0 saturated heterocycles. The number of pyridine rings is 1. The van der Waals surface area contributed by atoms with Gasteiger partial charge in [0.05, 0.1) is 0 Å². The number of nitrogens with zero attached hydrogens (tertiary/aromatic N) is 2.